The summed E-state index contributed by atoms with van der Waals surface area (Å²) >= 11 is 5.77. The molecule has 2 aliphatic rings. The number of hydrogen-bond acceptors (Lipinski definition) is 2. The van der Waals surface area contributed by atoms with Crippen molar-refractivity contribution in [1.82, 2.24) is 5.32 Å². The Hall–Kier alpha value is -0.640. The van der Waals surface area contributed by atoms with E-state index in [1.54, 1.807) is 12.1 Å². The number of nitrogens with one attached hydrogen (secondary N) is 1. The van der Waals surface area contributed by atoms with Gasteiger partial charge in [0.05, 0.1) is 11.1 Å². The summed E-state index contributed by atoms with van der Waals surface area (Å²) < 4.78 is 18.8. The molecule has 2 fully saturated rings. The number of rotatable bonds is 4. The summed E-state index contributed by atoms with van der Waals surface area (Å²) in [5.74, 6) is 0.391. The predicted octanol–water partition coefficient (Wildman–Crippen LogP) is 3.14. The maximum Gasteiger partial charge on any atom is 0.141 e. The van der Waals surface area contributed by atoms with Crippen LogP contribution < -0.4 is 5.32 Å². The highest BCUT2D eigenvalue weighted by molar-refractivity contribution is 6.30. The van der Waals surface area contributed by atoms with Crippen LogP contribution in [0.5, 0.6) is 0 Å². The zero-order valence-electron chi connectivity index (χ0n) is 10.2. The van der Waals surface area contributed by atoms with Gasteiger partial charge in [-0.05, 0) is 42.9 Å². The molecule has 0 bridgehead atoms. The van der Waals surface area contributed by atoms with E-state index in [0.717, 1.165) is 31.1 Å². The zero-order chi connectivity index (χ0) is 12.5. The highest BCUT2D eigenvalue weighted by Gasteiger charge is 2.40. The van der Waals surface area contributed by atoms with Gasteiger partial charge in [0.15, 0.2) is 0 Å². The van der Waals surface area contributed by atoms with Gasteiger partial charge in [0.25, 0.3) is 0 Å². The molecular formula is C14H17ClFNO. The Morgan fingerprint density at radius 3 is 2.89 bits per heavy atom. The van der Waals surface area contributed by atoms with Gasteiger partial charge in [-0.3, -0.25) is 0 Å². The topological polar surface area (TPSA) is 21.3 Å². The second-order valence-electron chi connectivity index (χ2n) is 5.20. The standard InChI is InChI=1S/C14H17ClFNO/c15-11-7-9(1-4-12(11)16)8-17-13-5-6-18-14(13)10-2-3-10/h1,4,7,10,13-14,17H,2-3,5-6,8H2. The van der Waals surface area contributed by atoms with Crippen molar-refractivity contribution in [3.63, 3.8) is 0 Å². The van der Waals surface area contributed by atoms with E-state index in [1.165, 1.54) is 18.9 Å². The molecule has 3 rings (SSSR count). The van der Waals surface area contributed by atoms with Crippen molar-refractivity contribution in [1.29, 1.82) is 0 Å². The largest absolute Gasteiger partial charge is 0.376 e. The second-order valence-corrected chi connectivity index (χ2v) is 5.60. The number of hydrogen-bond donors (Lipinski definition) is 1. The third kappa shape index (κ3) is 2.68. The van der Waals surface area contributed by atoms with Crippen LogP contribution in [0.15, 0.2) is 18.2 Å². The van der Waals surface area contributed by atoms with Crippen LogP contribution in [0.4, 0.5) is 4.39 Å². The maximum atomic E-state index is 13.0. The molecule has 2 unspecified atom stereocenters. The zero-order valence-corrected chi connectivity index (χ0v) is 10.9. The summed E-state index contributed by atoms with van der Waals surface area (Å²) in [5.41, 5.74) is 1.02. The van der Waals surface area contributed by atoms with Crippen molar-refractivity contribution in [2.45, 2.75) is 38.0 Å². The normalized spacial score (nSPS) is 27.7. The van der Waals surface area contributed by atoms with E-state index in [2.05, 4.69) is 5.32 Å². The first-order valence-corrected chi connectivity index (χ1v) is 6.91. The van der Waals surface area contributed by atoms with Gasteiger partial charge in [0, 0.05) is 19.2 Å². The molecule has 2 nitrogen and oxygen atoms in total. The molecule has 1 aliphatic carbocycles. The van der Waals surface area contributed by atoms with Gasteiger partial charge < -0.3 is 10.1 Å². The first-order chi connectivity index (χ1) is 8.74. The summed E-state index contributed by atoms with van der Waals surface area (Å²) in [5, 5.41) is 3.70. The number of benzene rings is 1. The molecule has 1 aromatic rings. The predicted molar refractivity (Wildman–Crippen MR) is 69.1 cm³/mol. The average molecular weight is 270 g/mol. The lowest BCUT2D eigenvalue weighted by molar-refractivity contribution is 0.0809. The van der Waals surface area contributed by atoms with Crippen molar-refractivity contribution < 1.29 is 9.13 Å². The fourth-order valence-electron chi connectivity index (χ4n) is 2.62. The summed E-state index contributed by atoms with van der Waals surface area (Å²) in [7, 11) is 0. The minimum absolute atomic E-state index is 0.190. The quantitative estimate of drug-likeness (QED) is 0.907. The molecule has 0 aromatic heterocycles. The van der Waals surface area contributed by atoms with Gasteiger partial charge in [-0.25, -0.2) is 4.39 Å². The van der Waals surface area contributed by atoms with E-state index in [4.69, 9.17) is 16.3 Å². The van der Waals surface area contributed by atoms with Crippen LogP contribution in [0.25, 0.3) is 0 Å². The number of ether oxygens (including phenoxy) is 1. The van der Waals surface area contributed by atoms with E-state index in [1.807, 2.05) is 0 Å². The molecule has 2 atom stereocenters. The van der Waals surface area contributed by atoms with E-state index < -0.39 is 0 Å². The third-order valence-electron chi connectivity index (χ3n) is 3.77. The first kappa shape index (κ1) is 12.4. The first-order valence-electron chi connectivity index (χ1n) is 6.53. The smallest absolute Gasteiger partial charge is 0.141 e. The molecule has 1 heterocycles. The molecule has 1 saturated heterocycles. The van der Waals surface area contributed by atoms with Crippen molar-refractivity contribution in [3.8, 4) is 0 Å². The molecule has 18 heavy (non-hydrogen) atoms. The molecular weight excluding hydrogens is 253 g/mol. The van der Waals surface area contributed by atoms with Crippen molar-refractivity contribution >= 4 is 11.6 Å². The number of halogens is 2. The molecule has 0 radical (unpaired) electrons. The van der Waals surface area contributed by atoms with Gasteiger partial charge in [-0.2, -0.15) is 0 Å². The molecule has 1 N–H and O–H groups in total. The average Bonchev–Trinajstić information content (AvgIpc) is 3.10. The van der Waals surface area contributed by atoms with E-state index in [-0.39, 0.29) is 10.8 Å². The fourth-order valence-corrected chi connectivity index (χ4v) is 2.82. The lowest BCUT2D eigenvalue weighted by Crippen LogP contribution is -2.37. The molecule has 1 aliphatic heterocycles. The summed E-state index contributed by atoms with van der Waals surface area (Å²) in [6.07, 6.45) is 4.04. The van der Waals surface area contributed by atoms with E-state index >= 15 is 0 Å². The fraction of sp³-hybridized carbons (Fsp3) is 0.571. The van der Waals surface area contributed by atoms with Crippen LogP contribution in [-0.2, 0) is 11.3 Å². The van der Waals surface area contributed by atoms with E-state index in [0.29, 0.717) is 12.1 Å². The molecule has 4 heteroatoms. The highest BCUT2D eigenvalue weighted by atomic mass is 35.5. The van der Waals surface area contributed by atoms with Gasteiger partial charge in [0.1, 0.15) is 5.82 Å². The van der Waals surface area contributed by atoms with E-state index in [9.17, 15) is 4.39 Å². The van der Waals surface area contributed by atoms with Gasteiger partial charge >= 0.3 is 0 Å². The minimum Gasteiger partial charge on any atom is -0.376 e. The molecule has 0 spiro atoms. The monoisotopic (exact) mass is 269 g/mol. The minimum atomic E-state index is -0.361. The molecule has 0 amide bonds. The molecule has 98 valence electrons. The van der Waals surface area contributed by atoms with Crippen LogP contribution in [-0.4, -0.2) is 18.8 Å². The lowest BCUT2D eigenvalue weighted by atomic mass is 10.1. The van der Waals surface area contributed by atoms with Crippen LogP contribution in [0.3, 0.4) is 0 Å². The lowest BCUT2D eigenvalue weighted by Gasteiger charge is -2.19. The Labute approximate surface area is 111 Å². The Morgan fingerprint density at radius 2 is 2.17 bits per heavy atom. The van der Waals surface area contributed by atoms with Crippen LogP contribution in [0, 0.1) is 11.7 Å². The van der Waals surface area contributed by atoms with Crippen LogP contribution >= 0.6 is 11.6 Å². The SMILES string of the molecule is Fc1ccc(CNC2CCOC2C2CC2)cc1Cl. The third-order valence-corrected chi connectivity index (χ3v) is 4.06. The van der Waals surface area contributed by atoms with Gasteiger partial charge in [-0.1, -0.05) is 17.7 Å². The van der Waals surface area contributed by atoms with Crippen LogP contribution in [0.1, 0.15) is 24.8 Å². The van der Waals surface area contributed by atoms with Crippen molar-refractivity contribution in [2.75, 3.05) is 6.61 Å². The summed E-state index contributed by atoms with van der Waals surface area (Å²) in [4.78, 5) is 0. The Bertz CT molecular complexity index is 436. The van der Waals surface area contributed by atoms with Crippen LogP contribution in [0.2, 0.25) is 5.02 Å². The Kier molecular flexibility index (Phi) is 3.55. The second kappa shape index (κ2) is 5.16. The van der Waals surface area contributed by atoms with Gasteiger partial charge in [-0.15, -0.1) is 0 Å². The molecule has 1 saturated carbocycles. The Morgan fingerprint density at radius 1 is 1.33 bits per heavy atom. The van der Waals surface area contributed by atoms with Crippen molar-refractivity contribution in [2.24, 2.45) is 5.92 Å². The highest BCUT2D eigenvalue weighted by Crippen LogP contribution is 2.38. The van der Waals surface area contributed by atoms with Gasteiger partial charge in [0.2, 0.25) is 0 Å². The summed E-state index contributed by atoms with van der Waals surface area (Å²) in [6.45, 7) is 1.57. The van der Waals surface area contributed by atoms with Crippen molar-refractivity contribution in [3.05, 3.63) is 34.6 Å². The molecule has 1 aromatic carbocycles. The maximum absolute atomic E-state index is 13.0. The Balaban J connectivity index is 1.58. The summed E-state index contributed by atoms with van der Waals surface area (Å²) in [6, 6.07) is 5.31.